The van der Waals surface area contributed by atoms with Gasteiger partial charge in [-0.1, -0.05) is 0 Å². The minimum atomic E-state index is -0.341. The monoisotopic (exact) mass is 285 g/mol. The van der Waals surface area contributed by atoms with Crippen LogP contribution in [0.4, 0.5) is 4.39 Å². The van der Waals surface area contributed by atoms with Crippen LogP contribution >= 0.6 is 15.9 Å². The van der Waals surface area contributed by atoms with E-state index >= 15 is 0 Å². The van der Waals surface area contributed by atoms with Crippen LogP contribution in [0.2, 0.25) is 0 Å². The highest BCUT2D eigenvalue weighted by Crippen LogP contribution is 2.27. The minimum absolute atomic E-state index is 0.302. The van der Waals surface area contributed by atoms with Crippen molar-refractivity contribution < 1.29 is 8.81 Å². The van der Waals surface area contributed by atoms with Gasteiger partial charge in [-0.2, -0.15) is 0 Å². The SMILES string of the molecule is CNCc1nnc(-c2cc(F)ccc2Br)o1. The van der Waals surface area contributed by atoms with E-state index in [9.17, 15) is 4.39 Å². The van der Waals surface area contributed by atoms with Gasteiger partial charge >= 0.3 is 0 Å². The number of halogens is 2. The Labute approximate surface area is 100 Å². The summed E-state index contributed by atoms with van der Waals surface area (Å²) in [6.07, 6.45) is 0. The molecule has 1 N–H and O–H groups in total. The van der Waals surface area contributed by atoms with Crippen LogP contribution in [0, 0.1) is 5.82 Å². The van der Waals surface area contributed by atoms with Crippen molar-refractivity contribution in [2.45, 2.75) is 6.54 Å². The first-order valence-corrected chi connectivity index (χ1v) is 5.42. The second-order valence-electron chi connectivity index (χ2n) is 3.16. The molecule has 0 bridgehead atoms. The van der Waals surface area contributed by atoms with Gasteiger partial charge in [-0.25, -0.2) is 4.39 Å². The molecule has 1 heterocycles. The molecule has 84 valence electrons. The Morgan fingerprint density at radius 3 is 3.00 bits per heavy atom. The summed E-state index contributed by atoms with van der Waals surface area (Å²) in [6, 6.07) is 4.31. The summed E-state index contributed by atoms with van der Waals surface area (Å²) in [7, 11) is 1.78. The van der Waals surface area contributed by atoms with E-state index < -0.39 is 0 Å². The Morgan fingerprint density at radius 2 is 2.25 bits per heavy atom. The van der Waals surface area contributed by atoms with E-state index in [-0.39, 0.29) is 5.82 Å². The van der Waals surface area contributed by atoms with E-state index in [2.05, 4.69) is 31.4 Å². The van der Waals surface area contributed by atoms with Crippen molar-refractivity contribution in [3.05, 3.63) is 34.4 Å². The summed E-state index contributed by atoms with van der Waals surface area (Å²) in [5.41, 5.74) is 0.551. The number of nitrogens with one attached hydrogen (secondary N) is 1. The van der Waals surface area contributed by atoms with Gasteiger partial charge in [-0.15, -0.1) is 10.2 Å². The molecule has 0 aliphatic carbocycles. The molecule has 6 heteroatoms. The van der Waals surface area contributed by atoms with Crippen LogP contribution in [0.5, 0.6) is 0 Å². The molecule has 0 atom stereocenters. The Morgan fingerprint density at radius 1 is 1.44 bits per heavy atom. The fourth-order valence-electron chi connectivity index (χ4n) is 1.25. The fourth-order valence-corrected chi connectivity index (χ4v) is 1.66. The average molecular weight is 286 g/mol. The molecule has 0 saturated carbocycles. The molecule has 0 amide bonds. The zero-order valence-electron chi connectivity index (χ0n) is 8.50. The first-order valence-electron chi connectivity index (χ1n) is 4.63. The molecule has 1 aromatic heterocycles. The molecule has 0 saturated heterocycles. The van der Waals surface area contributed by atoms with Crippen molar-refractivity contribution in [2.24, 2.45) is 0 Å². The second kappa shape index (κ2) is 4.71. The summed E-state index contributed by atoms with van der Waals surface area (Å²) < 4.78 is 19.1. The zero-order valence-corrected chi connectivity index (χ0v) is 10.1. The second-order valence-corrected chi connectivity index (χ2v) is 4.01. The van der Waals surface area contributed by atoms with Crippen LogP contribution in [0.15, 0.2) is 27.1 Å². The number of nitrogens with zero attached hydrogens (tertiary/aromatic N) is 2. The minimum Gasteiger partial charge on any atom is -0.419 e. The van der Waals surface area contributed by atoms with Crippen molar-refractivity contribution in [2.75, 3.05) is 7.05 Å². The summed E-state index contributed by atoms with van der Waals surface area (Å²) in [4.78, 5) is 0. The van der Waals surface area contributed by atoms with Crippen molar-refractivity contribution in [1.82, 2.24) is 15.5 Å². The Balaban J connectivity index is 2.38. The van der Waals surface area contributed by atoms with Gasteiger partial charge in [0.1, 0.15) is 5.82 Å². The summed E-state index contributed by atoms with van der Waals surface area (Å²) in [5.74, 6) is 0.428. The van der Waals surface area contributed by atoms with Gasteiger partial charge in [0.2, 0.25) is 11.8 Å². The molecule has 0 unspecified atom stereocenters. The van der Waals surface area contributed by atoms with Gasteiger partial charge in [0, 0.05) is 4.47 Å². The third-order valence-electron chi connectivity index (χ3n) is 1.95. The van der Waals surface area contributed by atoms with Gasteiger partial charge in [-0.3, -0.25) is 0 Å². The van der Waals surface area contributed by atoms with Crippen molar-refractivity contribution in [3.8, 4) is 11.5 Å². The lowest BCUT2D eigenvalue weighted by Gasteiger charge is -1.98. The molecule has 0 radical (unpaired) electrons. The lowest BCUT2D eigenvalue weighted by Crippen LogP contribution is -2.04. The normalized spacial score (nSPS) is 10.7. The Kier molecular flexibility index (Phi) is 3.31. The summed E-state index contributed by atoms with van der Waals surface area (Å²) in [6.45, 7) is 0.486. The van der Waals surface area contributed by atoms with Gasteiger partial charge in [0.25, 0.3) is 0 Å². The molecular weight excluding hydrogens is 277 g/mol. The molecule has 2 aromatic rings. The van der Waals surface area contributed by atoms with Gasteiger partial charge in [-0.05, 0) is 41.2 Å². The van der Waals surface area contributed by atoms with Crippen LogP contribution in [0.1, 0.15) is 5.89 Å². The molecule has 0 fully saturated rings. The highest BCUT2D eigenvalue weighted by molar-refractivity contribution is 9.10. The predicted molar refractivity (Wildman–Crippen MR) is 60.2 cm³/mol. The number of aromatic nitrogens is 2. The maximum absolute atomic E-state index is 13.1. The van der Waals surface area contributed by atoms with Crippen LogP contribution in [0.25, 0.3) is 11.5 Å². The van der Waals surface area contributed by atoms with Crippen LogP contribution < -0.4 is 5.32 Å². The third-order valence-corrected chi connectivity index (χ3v) is 2.65. The molecule has 0 aliphatic heterocycles. The predicted octanol–water partition coefficient (Wildman–Crippen LogP) is 2.36. The molecular formula is C10H9BrFN3O. The Hall–Kier alpha value is -1.27. The molecule has 1 aromatic carbocycles. The lowest BCUT2D eigenvalue weighted by atomic mass is 10.2. The number of benzene rings is 1. The van der Waals surface area contributed by atoms with Crippen LogP contribution in [0.3, 0.4) is 0 Å². The molecule has 0 aliphatic rings. The van der Waals surface area contributed by atoms with Crippen molar-refractivity contribution in [3.63, 3.8) is 0 Å². The summed E-state index contributed by atoms with van der Waals surface area (Å²) in [5, 5.41) is 10.6. The first-order chi connectivity index (χ1) is 7.70. The van der Waals surface area contributed by atoms with E-state index in [0.29, 0.717) is 28.4 Å². The molecule has 0 spiro atoms. The summed E-state index contributed by atoms with van der Waals surface area (Å²) >= 11 is 3.31. The van der Waals surface area contributed by atoms with Gasteiger partial charge in [0.15, 0.2) is 0 Å². The third kappa shape index (κ3) is 2.28. The largest absolute Gasteiger partial charge is 0.419 e. The number of hydrogen-bond acceptors (Lipinski definition) is 4. The van der Waals surface area contributed by atoms with E-state index in [1.807, 2.05) is 0 Å². The standard InChI is InChI=1S/C10H9BrFN3O/c1-13-5-9-14-15-10(16-9)7-4-6(12)2-3-8(7)11/h2-4,13H,5H2,1H3. The molecule has 16 heavy (non-hydrogen) atoms. The van der Waals surface area contributed by atoms with Gasteiger partial charge in [0.05, 0.1) is 12.1 Å². The maximum atomic E-state index is 13.1. The quantitative estimate of drug-likeness (QED) is 0.941. The van der Waals surface area contributed by atoms with Gasteiger partial charge < -0.3 is 9.73 Å². The molecule has 2 rings (SSSR count). The van der Waals surface area contributed by atoms with E-state index in [1.165, 1.54) is 12.1 Å². The molecule has 4 nitrogen and oxygen atoms in total. The number of hydrogen-bond donors (Lipinski definition) is 1. The zero-order chi connectivity index (χ0) is 11.5. The van der Waals surface area contributed by atoms with Crippen molar-refractivity contribution >= 4 is 15.9 Å². The average Bonchev–Trinajstić information content (AvgIpc) is 2.71. The first kappa shape index (κ1) is 11.2. The van der Waals surface area contributed by atoms with Crippen molar-refractivity contribution in [1.29, 1.82) is 0 Å². The number of rotatable bonds is 3. The highest BCUT2D eigenvalue weighted by atomic mass is 79.9. The highest BCUT2D eigenvalue weighted by Gasteiger charge is 2.12. The fraction of sp³-hybridized carbons (Fsp3) is 0.200. The maximum Gasteiger partial charge on any atom is 0.249 e. The van der Waals surface area contributed by atoms with Crippen LogP contribution in [-0.2, 0) is 6.54 Å². The smallest absolute Gasteiger partial charge is 0.249 e. The Bertz CT molecular complexity index is 501. The van der Waals surface area contributed by atoms with E-state index in [4.69, 9.17) is 4.42 Å². The topological polar surface area (TPSA) is 51.0 Å². The van der Waals surface area contributed by atoms with E-state index in [1.54, 1.807) is 13.1 Å². The van der Waals surface area contributed by atoms with Crippen LogP contribution in [-0.4, -0.2) is 17.2 Å². The van der Waals surface area contributed by atoms with E-state index in [0.717, 1.165) is 0 Å². The lowest BCUT2D eigenvalue weighted by molar-refractivity contribution is 0.490.